The van der Waals surface area contributed by atoms with E-state index in [-0.39, 0.29) is 6.04 Å². The highest BCUT2D eigenvalue weighted by Gasteiger charge is 2.06. The summed E-state index contributed by atoms with van der Waals surface area (Å²) in [7, 11) is 0. The summed E-state index contributed by atoms with van der Waals surface area (Å²) in [5, 5.41) is 6.60. The Labute approximate surface area is 122 Å². The molecule has 0 saturated carbocycles. The Morgan fingerprint density at radius 1 is 1.15 bits per heavy atom. The maximum Gasteiger partial charge on any atom is 0.316 e. The summed E-state index contributed by atoms with van der Waals surface area (Å²) in [4.78, 5) is 10.8. The topological polar surface area (TPSA) is 67.2 Å². The first kappa shape index (κ1) is 14.2. The Morgan fingerprint density at radius 2 is 1.85 bits per heavy atom. The largest absolute Gasteiger partial charge is 0.378 e. The Hall–Kier alpha value is -2.20. The molecule has 0 heterocycles. The van der Waals surface area contributed by atoms with Gasteiger partial charge in [-0.3, -0.25) is 0 Å². The minimum absolute atomic E-state index is 0.0949. The van der Waals surface area contributed by atoms with Crippen molar-refractivity contribution >= 4 is 29.0 Å². The normalized spacial score (nSPS) is 11.7. The highest BCUT2D eigenvalue weighted by molar-refractivity contribution is 6.30. The van der Waals surface area contributed by atoms with E-state index < -0.39 is 6.03 Å². The second kappa shape index (κ2) is 6.30. The maximum absolute atomic E-state index is 10.8. The van der Waals surface area contributed by atoms with Crippen LogP contribution in [0.1, 0.15) is 18.5 Å². The number of carbonyl (C=O) groups excluding carboxylic acids is 1. The number of nitrogens with one attached hydrogen (secondary N) is 2. The van der Waals surface area contributed by atoms with Crippen molar-refractivity contribution in [3.05, 3.63) is 59.1 Å². The molecule has 104 valence electrons. The lowest BCUT2D eigenvalue weighted by molar-refractivity contribution is 0.259. The molecule has 0 aliphatic rings. The number of urea groups is 1. The Kier molecular flexibility index (Phi) is 4.48. The van der Waals surface area contributed by atoms with Crippen molar-refractivity contribution in [3.63, 3.8) is 0 Å². The van der Waals surface area contributed by atoms with Crippen LogP contribution in [0, 0.1) is 0 Å². The van der Waals surface area contributed by atoms with Crippen molar-refractivity contribution < 1.29 is 4.79 Å². The predicted molar refractivity (Wildman–Crippen MR) is 83.1 cm³/mol. The van der Waals surface area contributed by atoms with Gasteiger partial charge in [0.25, 0.3) is 0 Å². The molecule has 0 fully saturated rings. The summed E-state index contributed by atoms with van der Waals surface area (Å²) < 4.78 is 0. The second-order valence-electron chi connectivity index (χ2n) is 4.49. The number of anilines is 2. The van der Waals surface area contributed by atoms with Gasteiger partial charge in [0.1, 0.15) is 0 Å². The first-order chi connectivity index (χ1) is 9.54. The van der Waals surface area contributed by atoms with E-state index in [1.807, 2.05) is 49.4 Å². The summed E-state index contributed by atoms with van der Waals surface area (Å²) in [5.74, 6) is 0. The number of primary amides is 1. The number of nitrogens with two attached hydrogens (primary N) is 1. The molecule has 4 nitrogen and oxygen atoms in total. The Balaban J connectivity index is 2.11. The fourth-order valence-corrected chi connectivity index (χ4v) is 2.14. The first-order valence-corrected chi connectivity index (χ1v) is 6.61. The fraction of sp³-hybridized carbons (Fsp3) is 0.133. The first-order valence-electron chi connectivity index (χ1n) is 6.23. The standard InChI is InChI=1S/C15H16ClN3O/c1-10(11-4-2-5-12(16)8-11)18-13-6-3-7-14(9-13)19-15(17)20/h2-10,18H,1H3,(H3,17,19,20). The van der Waals surface area contributed by atoms with Gasteiger partial charge in [0.15, 0.2) is 0 Å². The molecule has 20 heavy (non-hydrogen) atoms. The molecule has 0 saturated heterocycles. The predicted octanol–water partition coefficient (Wildman–Crippen LogP) is 4.00. The van der Waals surface area contributed by atoms with Crippen LogP contribution in [0.5, 0.6) is 0 Å². The zero-order valence-corrected chi connectivity index (χ0v) is 11.8. The molecule has 1 atom stereocenters. The number of amides is 2. The van der Waals surface area contributed by atoms with Gasteiger partial charge in [0.2, 0.25) is 0 Å². The number of carbonyl (C=O) groups is 1. The van der Waals surface area contributed by atoms with Crippen LogP contribution in [0.15, 0.2) is 48.5 Å². The molecular weight excluding hydrogens is 274 g/mol. The van der Waals surface area contributed by atoms with Gasteiger partial charge in [-0.25, -0.2) is 4.79 Å². The third-order valence-corrected chi connectivity index (χ3v) is 3.10. The molecule has 0 bridgehead atoms. The van der Waals surface area contributed by atoms with Gasteiger partial charge in [-0.2, -0.15) is 0 Å². The monoisotopic (exact) mass is 289 g/mol. The van der Waals surface area contributed by atoms with Gasteiger partial charge in [0, 0.05) is 22.4 Å². The van der Waals surface area contributed by atoms with E-state index in [1.54, 1.807) is 6.07 Å². The molecule has 0 aliphatic carbocycles. The van der Waals surface area contributed by atoms with Crippen LogP contribution in [0.4, 0.5) is 16.2 Å². The third-order valence-electron chi connectivity index (χ3n) is 2.86. The Morgan fingerprint density at radius 3 is 2.55 bits per heavy atom. The number of hydrogen-bond acceptors (Lipinski definition) is 2. The maximum atomic E-state index is 10.8. The van der Waals surface area contributed by atoms with Crippen molar-refractivity contribution in [2.75, 3.05) is 10.6 Å². The minimum Gasteiger partial charge on any atom is -0.378 e. The zero-order chi connectivity index (χ0) is 14.5. The molecule has 2 amide bonds. The van der Waals surface area contributed by atoms with Gasteiger partial charge in [-0.15, -0.1) is 0 Å². The Bertz CT molecular complexity index is 616. The van der Waals surface area contributed by atoms with Crippen LogP contribution in [-0.2, 0) is 0 Å². The van der Waals surface area contributed by atoms with Gasteiger partial charge < -0.3 is 16.4 Å². The lowest BCUT2D eigenvalue weighted by Gasteiger charge is -2.16. The molecule has 0 aliphatic heterocycles. The van der Waals surface area contributed by atoms with Crippen LogP contribution in [-0.4, -0.2) is 6.03 Å². The smallest absolute Gasteiger partial charge is 0.316 e. The molecular formula is C15H16ClN3O. The van der Waals surface area contributed by atoms with Crippen molar-refractivity contribution in [1.29, 1.82) is 0 Å². The zero-order valence-electron chi connectivity index (χ0n) is 11.1. The van der Waals surface area contributed by atoms with Crippen LogP contribution in [0.3, 0.4) is 0 Å². The molecule has 0 radical (unpaired) electrons. The van der Waals surface area contributed by atoms with E-state index in [0.717, 1.165) is 11.3 Å². The van der Waals surface area contributed by atoms with E-state index in [0.29, 0.717) is 10.7 Å². The molecule has 0 spiro atoms. The van der Waals surface area contributed by atoms with Gasteiger partial charge in [-0.05, 0) is 42.8 Å². The minimum atomic E-state index is -0.579. The average Bonchev–Trinajstić information content (AvgIpc) is 2.38. The van der Waals surface area contributed by atoms with E-state index in [1.165, 1.54) is 0 Å². The summed E-state index contributed by atoms with van der Waals surface area (Å²) in [6.07, 6.45) is 0. The molecule has 2 aromatic rings. The molecule has 2 aromatic carbocycles. The highest BCUT2D eigenvalue weighted by atomic mass is 35.5. The van der Waals surface area contributed by atoms with Gasteiger partial charge in [-0.1, -0.05) is 29.8 Å². The molecule has 0 aromatic heterocycles. The van der Waals surface area contributed by atoms with Crippen LogP contribution >= 0.6 is 11.6 Å². The van der Waals surface area contributed by atoms with Gasteiger partial charge >= 0.3 is 6.03 Å². The molecule has 5 heteroatoms. The lowest BCUT2D eigenvalue weighted by Crippen LogP contribution is -2.19. The number of halogens is 1. The number of rotatable bonds is 4. The van der Waals surface area contributed by atoms with Crippen molar-refractivity contribution in [2.45, 2.75) is 13.0 Å². The van der Waals surface area contributed by atoms with Crippen molar-refractivity contribution in [1.82, 2.24) is 0 Å². The van der Waals surface area contributed by atoms with Gasteiger partial charge in [0.05, 0.1) is 0 Å². The average molecular weight is 290 g/mol. The van der Waals surface area contributed by atoms with E-state index in [4.69, 9.17) is 17.3 Å². The van der Waals surface area contributed by atoms with E-state index >= 15 is 0 Å². The fourth-order valence-electron chi connectivity index (χ4n) is 1.94. The van der Waals surface area contributed by atoms with Crippen molar-refractivity contribution in [3.8, 4) is 0 Å². The van der Waals surface area contributed by atoms with E-state index in [2.05, 4.69) is 10.6 Å². The number of benzene rings is 2. The summed E-state index contributed by atoms with van der Waals surface area (Å²) >= 11 is 5.99. The summed E-state index contributed by atoms with van der Waals surface area (Å²) in [6, 6.07) is 14.6. The highest BCUT2D eigenvalue weighted by Crippen LogP contribution is 2.23. The third kappa shape index (κ3) is 3.90. The molecule has 4 N–H and O–H groups in total. The molecule has 2 rings (SSSR count). The van der Waals surface area contributed by atoms with Crippen molar-refractivity contribution in [2.24, 2.45) is 5.73 Å². The van der Waals surface area contributed by atoms with Crippen LogP contribution < -0.4 is 16.4 Å². The second-order valence-corrected chi connectivity index (χ2v) is 4.93. The summed E-state index contributed by atoms with van der Waals surface area (Å²) in [5.41, 5.74) is 7.73. The van der Waals surface area contributed by atoms with Crippen LogP contribution in [0.25, 0.3) is 0 Å². The lowest BCUT2D eigenvalue weighted by atomic mass is 10.1. The van der Waals surface area contributed by atoms with Crippen LogP contribution in [0.2, 0.25) is 5.02 Å². The summed E-state index contributed by atoms with van der Waals surface area (Å²) in [6.45, 7) is 2.04. The quantitative estimate of drug-likeness (QED) is 0.796. The molecule has 1 unspecified atom stereocenters. The van der Waals surface area contributed by atoms with E-state index in [9.17, 15) is 4.79 Å². The SMILES string of the molecule is CC(Nc1cccc(NC(N)=O)c1)c1cccc(Cl)c1. The number of hydrogen-bond donors (Lipinski definition) is 3.